The van der Waals surface area contributed by atoms with Crippen molar-refractivity contribution >= 4 is 23.6 Å². The summed E-state index contributed by atoms with van der Waals surface area (Å²) < 4.78 is 0. The van der Waals surface area contributed by atoms with E-state index in [1.165, 1.54) is 17.3 Å². The Hall–Kier alpha value is -1.49. The SMILES string of the molecule is Cc1ccc(SCC(=O)NC2(C)CCCCC2C(=O)O)cc1. The highest BCUT2D eigenvalue weighted by molar-refractivity contribution is 8.00. The van der Waals surface area contributed by atoms with Crippen molar-refractivity contribution in [1.29, 1.82) is 0 Å². The van der Waals surface area contributed by atoms with Crippen LogP contribution < -0.4 is 5.32 Å². The number of carbonyl (C=O) groups is 2. The number of aliphatic carboxylic acids is 1. The quantitative estimate of drug-likeness (QED) is 0.817. The van der Waals surface area contributed by atoms with Gasteiger partial charge in [0.1, 0.15) is 0 Å². The minimum Gasteiger partial charge on any atom is -0.481 e. The first-order valence-electron chi connectivity index (χ1n) is 7.64. The van der Waals surface area contributed by atoms with Crippen LogP contribution in [0.5, 0.6) is 0 Å². The van der Waals surface area contributed by atoms with Crippen LogP contribution >= 0.6 is 11.8 Å². The maximum absolute atomic E-state index is 12.2. The maximum Gasteiger partial charge on any atom is 0.308 e. The van der Waals surface area contributed by atoms with Crippen molar-refractivity contribution in [1.82, 2.24) is 5.32 Å². The van der Waals surface area contributed by atoms with Crippen molar-refractivity contribution in [2.75, 3.05) is 5.75 Å². The molecule has 0 aliphatic heterocycles. The van der Waals surface area contributed by atoms with Crippen molar-refractivity contribution < 1.29 is 14.7 Å². The van der Waals surface area contributed by atoms with Crippen molar-refractivity contribution in [3.05, 3.63) is 29.8 Å². The highest BCUT2D eigenvalue weighted by atomic mass is 32.2. The van der Waals surface area contributed by atoms with E-state index in [0.717, 1.165) is 24.2 Å². The highest BCUT2D eigenvalue weighted by Gasteiger charge is 2.42. The van der Waals surface area contributed by atoms with E-state index in [9.17, 15) is 14.7 Å². The Morgan fingerprint density at radius 2 is 2.00 bits per heavy atom. The monoisotopic (exact) mass is 321 g/mol. The van der Waals surface area contributed by atoms with Crippen LogP contribution in [0.2, 0.25) is 0 Å². The van der Waals surface area contributed by atoms with Gasteiger partial charge in [0.2, 0.25) is 5.91 Å². The summed E-state index contributed by atoms with van der Waals surface area (Å²) in [5.74, 6) is -1.09. The molecule has 1 amide bonds. The predicted molar refractivity (Wildman–Crippen MR) is 88.0 cm³/mol. The minimum absolute atomic E-state index is 0.0961. The topological polar surface area (TPSA) is 66.4 Å². The molecule has 5 heteroatoms. The van der Waals surface area contributed by atoms with Gasteiger partial charge in [0.25, 0.3) is 0 Å². The van der Waals surface area contributed by atoms with Crippen molar-refractivity contribution in [3.63, 3.8) is 0 Å². The van der Waals surface area contributed by atoms with Crippen LogP contribution in [0.25, 0.3) is 0 Å². The molecule has 2 rings (SSSR count). The third kappa shape index (κ3) is 4.26. The van der Waals surface area contributed by atoms with E-state index in [-0.39, 0.29) is 5.91 Å². The molecule has 4 nitrogen and oxygen atoms in total. The standard InChI is InChI=1S/C17H23NO3S/c1-12-6-8-13(9-7-12)22-11-15(19)18-17(2)10-4-3-5-14(17)16(20)21/h6-9,14H,3-5,10-11H2,1-2H3,(H,18,19)(H,20,21). The van der Waals surface area contributed by atoms with E-state index in [0.29, 0.717) is 12.2 Å². The molecule has 1 aliphatic rings. The Balaban J connectivity index is 1.92. The Morgan fingerprint density at radius 1 is 1.32 bits per heavy atom. The lowest BCUT2D eigenvalue weighted by molar-refractivity contribution is -0.146. The van der Waals surface area contributed by atoms with Crippen molar-refractivity contribution in [2.24, 2.45) is 5.92 Å². The lowest BCUT2D eigenvalue weighted by Gasteiger charge is -2.39. The molecule has 22 heavy (non-hydrogen) atoms. The van der Waals surface area contributed by atoms with Gasteiger partial charge in [0.15, 0.2) is 0 Å². The predicted octanol–water partition coefficient (Wildman–Crippen LogP) is 3.24. The Labute approximate surface area is 135 Å². The summed E-state index contributed by atoms with van der Waals surface area (Å²) in [5, 5.41) is 12.3. The average Bonchev–Trinajstić information content (AvgIpc) is 2.46. The first kappa shape index (κ1) is 16.9. The minimum atomic E-state index is -0.811. The Kier molecular flexibility index (Phi) is 5.51. The first-order chi connectivity index (χ1) is 10.4. The van der Waals surface area contributed by atoms with Crippen LogP contribution in [-0.2, 0) is 9.59 Å². The van der Waals surface area contributed by atoms with Crippen LogP contribution in [0.3, 0.4) is 0 Å². The first-order valence-corrected chi connectivity index (χ1v) is 8.62. The van der Waals surface area contributed by atoms with E-state index < -0.39 is 17.4 Å². The van der Waals surface area contributed by atoms with Gasteiger partial charge in [-0.1, -0.05) is 30.5 Å². The average molecular weight is 321 g/mol. The molecule has 0 saturated heterocycles. The molecule has 1 saturated carbocycles. The summed E-state index contributed by atoms with van der Waals surface area (Å²) >= 11 is 1.47. The summed E-state index contributed by atoms with van der Waals surface area (Å²) in [7, 11) is 0. The summed E-state index contributed by atoms with van der Waals surface area (Å²) in [6.45, 7) is 3.89. The molecule has 2 unspecified atom stereocenters. The lowest BCUT2D eigenvalue weighted by atomic mass is 9.74. The second-order valence-electron chi connectivity index (χ2n) is 6.20. The van der Waals surface area contributed by atoms with E-state index in [4.69, 9.17) is 0 Å². The fraction of sp³-hybridized carbons (Fsp3) is 0.529. The number of amides is 1. The molecule has 2 atom stereocenters. The zero-order valence-electron chi connectivity index (χ0n) is 13.1. The summed E-state index contributed by atoms with van der Waals surface area (Å²) in [4.78, 5) is 24.7. The molecule has 0 heterocycles. The number of benzene rings is 1. The van der Waals surface area contributed by atoms with Crippen LogP contribution in [-0.4, -0.2) is 28.3 Å². The Bertz CT molecular complexity index is 543. The number of rotatable bonds is 5. The summed E-state index contributed by atoms with van der Waals surface area (Å²) in [5.41, 5.74) is 0.558. The van der Waals surface area contributed by atoms with Crippen molar-refractivity contribution in [3.8, 4) is 0 Å². The van der Waals surface area contributed by atoms with Crippen LogP contribution in [0.1, 0.15) is 38.2 Å². The van der Waals surface area contributed by atoms with E-state index in [1.54, 1.807) is 0 Å². The number of carboxylic acid groups (broad SMARTS) is 1. The molecule has 1 aromatic carbocycles. The van der Waals surface area contributed by atoms with Crippen LogP contribution in [0.15, 0.2) is 29.2 Å². The maximum atomic E-state index is 12.2. The number of thioether (sulfide) groups is 1. The number of hydrogen-bond donors (Lipinski definition) is 2. The molecule has 0 spiro atoms. The van der Waals surface area contributed by atoms with Gasteiger partial charge in [-0.05, 0) is 38.8 Å². The molecule has 0 aromatic heterocycles. The van der Waals surface area contributed by atoms with Gasteiger partial charge in [-0.2, -0.15) is 0 Å². The molecule has 120 valence electrons. The van der Waals surface area contributed by atoms with Gasteiger partial charge < -0.3 is 10.4 Å². The zero-order chi connectivity index (χ0) is 16.2. The smallest absolute Gasteiger partial charge is 0.308 e. The highest BCUT2D eigenvalue weighted by Crippen LogP contribution is 2.34. The zero-order valence-corrected chi connectivity index (χ0v) is 13.9. The number of carbonyl (C=O) groups excluding carboxylic acids is 1. The summed E-state index contributed by atoms with van der Waals surface area (Å²) in [6.07, 6.45) is 3.24. The normalized spacial score (nSPS) is 24.7. The van der Waals surface area contributed by atoms with E-state index >= 15 is 0 Å². The lowest BCUT2D eigenvalue weighted by Crippen LogP contribution is -2.55. The Morgan fingerprint density at radius 3 is 2.64 bits per heavy atom. The van der Waals surface area contributed by atoms with E-state index in [2.05, 4.69) is 5.32 Å². The number of aryl methyl sites for hydroxylation is 1. The molecule has 1 fully saturated rings. The van der Waals surface area contributed by atoms with E-state index in [1.807, 2.05) is 38.1 Å². The van der Waals surface area contributed by atoms with Gasteiger partial charge in [0, 0.05) is 4.90 Å². The van der Waals surface area contributed by atoms with Gasteiger partial charge in [-0.15, -0.1) is 11.8 Å². The van der Waals surface area contributed by atoms with Crippen molar-refractivity contribution in [2.45, 2.75) is 50.0 Å². The second kappa shape index (κ2) is 7.18. The molecule has 1 aliphatic carbocycles. The fourth-order valence-electron chi connectivity index (χ4n) is 3.02. The van der Waals surface area contributed by atoms with Gasteiger partial charge in [-0.25, -0.2) is 0 Å². The molecule has 1 aromatic rings. The van der Waals surface area contributed by atoms with Gasteiger partial charge in [-0.3, -0.25) is 9.59 Å². The second-order valence-corrected chi connectivity index (χ2v) is 7.25. The summed E-state index contributed by atoms with van der Waals surface area (Å²) in [6, 6.07) is 8.03. The molecule has 2 N–H and O–H groups in total. The number of hydrogen-bond acceptors (Lipinski definition) is 3. The molecular formula is C17H23NO3S. The van der Waals surface area contributed by atoms with Crippen LogP contribution in [0, 0.1) is 12.8 Å². The third-order valence-electron chi connectivity index (χ3n) is 4.32. The van der Waals surface area contributed by atoms with Gasteiger partial charge >= 0.3 is 5.97 Å². The largest absolute Gasteiger partial charge is 0.481 e. The van der Waals surface area contributed by atoms with Crippen LogP contribution in [0.4, 0.5) is 0 Å². The third-order valence-corrected chi connectivity index (χ3v) is 5.33. The molecule has 0 radical (unpaired) electrons. The molecular weight excluding hydrogens is 298 g/mol. The fourth-order valence-corrected chi connectivity index (χ4v) is 3.72. The van der Waals surface area contributed by atoms with Gasteiger partial charge in [0.05, 0.1) is 17.2 Å². The number of nitrogens with one attached hydrogen (secondary N) is 1. The number of carboxylic acids is 1. The molecule has 0 bridgehead atoms.